The standard InChI is InChI=1S/Mo.2H2O.2O/h;2*1H2;;. The van der Waals surface area contributed by atoms with Gasteiger partial charge in [0.1, 0.15) is 0 Å². The van der Waals surface area contributed by atoms with E-state index in [9.17, 15) is 0 Å². The van der Waals surface area contributed by atoms with E-state index in [1.807, 2.05) is 0 Å². The van der Waals surface area contributed by atoms with Gasteiger partial charge in [-0.3, -0.25) is 0 Å². The molecule has 0 fully saturated rings. The van der Waals surface area contributed by atoms with Gasteiger partial charge in [-0.05, 0) is 0 Å². The predicted molar refractivity (Wildman–Crippen MR) is 8.60 cm³/mol. The van der Waals surface area contributed by atoms with E-state index in [1.54, 1.807) is 0 Å². The number of hydrogen-bond donors (Lipinski definition) is 0. The fourth-order valence-electron chi connectivity index (χ4n) is 0. The second-order valence-corrected chi connectivity index (χ2v) is 0.403. The van der Waals surface area contributed by atoms with Crippen LogP contribution in [-0.4, -0.2) is 11.0 Å². The van der Waals surface area contributed by atoms with Crippen LogP contribution in [-0.2, 0) is 25.3 Å². The molecule has 0 aliphatic carbocycles. The molecule has 0 aromatic carbocycles. The topological polar surface area (TPSA) is 97.1 Å². The summed E-state index contributed by atoms with van der Waals surface area (Å²) in [6.07, 6.45) is 0. The van der Waals surface area contributed by atoms with Crippen LogP contribution in [0.5, 0.6) is 0 Å². The maximum absolute atomic E-state index is 8.50. The van der Waals surface area contributed by atoms with Gasteiger partial charge in [0.15, 0.2) is 0 Å². The van der Waals surface area contributed by atoms with Gasteiger partial charge in [-0.25, -0.2) is 0 Å². The van der Waals surface area contributed by atoms with Gasteiger partial charge in [0, 0.05) is 0 Å². The van der Waals surface area contributed by atoms with E-state index in [0.29, 0.717) is 0 Å². The Hall–Kier alpha value is 0.208. The normalized spacial score (nSPS) is 2.40. The van der Waals surface area contributed by atoms with Crippen LogP contribution in [0.4, 0.5) is 0 Å². The van der Waals surface area contributed by atoms with Gasteiger partial charge < -0.3 is 11.0 Å². The molecule has 0 radical (unpaired) electrons. The van der Waals surface area contributed by atoms with Gasteiger partial charge in [0.05, 0.1) is 0 Å². The zero-order chi connectivity index (χ0) is 2.71. The third kappa shape index (κ3) is 473. The fraction of sp³-hybridized carbons (Fsp3) is 0. The van der Waals surface area contributed by atoms with Crippen LogP contribution in [0.1, 0.15) is 0 Å². The summed E-state index contributed by atoms with van der Waals surface area (Å²) in [6.45, 7) is 0. The van der Waals surface area contributed by atoms with Crippen LogP contribution >= 0.6 is 0 Å². The van der Waals surface area contributed by atoms with E-state index < -0.39 is 18.5 Å². The Bertz CT molecular complexity index is 24.6. The molecule has 0 saturated carbocycles. The Labute approximate surface area is 36.9 Å². The van der Waals surface area contributed by atoms with Crippen molar-refractivity contribution in [1.29, 1.82) is 0 Å². The molecule has 0 amide bonds. The summed E-state index contributed by atoms with van der Waals surface area (Å²) in [5, 5.41) is 0. The zero-order valence-corrected chi connectivity index (χ0v) is 4.23. The van der Waals surface area contributed by atoms with Crippen molar-refractivity contribution in [3.05, 3.63) is 0 Å². The van der Waals surface area contributed by atoms with Crippen LogP contribution in [0, 0.1) is 0 Å². The molecule has 0 spiro atoms. The zero-order valence-electron chi connectivity index (χ0n) is 2.22. The van der Waals surface area contributed by atoms with Crippen molar-refractivity contribution in [3.8, 4) is 0 Å². The molecule has 0 aliphatic rings. The summed E-state index contributed by atoms with van der Waals surface area (Å²) < 4.78 is 17.0. The van der Waals surface area contributed by atoms with Crippen molar-refractivity contribution in [2.75, 3.05) is 0 Å². The molecular formula is H4MoO4. The number of hydrogen-bond acceptors (Lipinski definition) is 2. The molecule has 4 N–H and O–H groups in total. The molecule has 0 aromatic heterocycles. The summed E-state index contributed by atoms with van der Waals surface area (Å²) in [6, 6.07) is 0. The Balaban J connectivity index is -0.0000000200. The van der Waals surface area contributed by atoms with Gasteiger partial charge in [-0.15, -0.1) is 0 Å². The van der Waals surface area contributed by atoms with Gasteiger partial charge in [-0.2, -0.15) is 0 Å². The molecule has 4 nitrogen and oxygen atoms in total. The molecule has 5 heavy (non-hydrogen) atoms. The van der Waals surface area contributed by atoms with E-state index in [-0.39, 0.29) is 11.0 Å². The molecule has 0 rings (SSSR count). The van der Waals surface area contributed by atoms with Gasteiger partial charge in [0.2, 0.25) is 0 Å². The van der Waals surface area contributed by atoms with Crippen molar-refractivity contribution in [2.45, 2.75) is 0 Å². The molecule has 0 heterocycles. The van der Waals surface area contributed by atoms with Crippen LogP contribution in [0.3, 0.4) is 0 Å². The summed E-state index contributed by atoms with van der Waals surface area (Å²) in [5.74, 6) is 0. The minimum atomic E-state index is -2.03. The van der Waals surface area contributed by atoms with Crippen LogP contribution in [0.15, 0.2) is 0 Å². The summed E-state index contributed by atoms with van der Waals surface area (Å²) >= 11 is -2.03. The SMILES string of the molecule is O.O.[O]=[Mo]=[O]. The Morgan fingerprint density at radius 3 is 1.00 bits per heavy atom. The Kier molecular flexibility index (Phi) is 112. The monoisotopic (exact) mass is 166 g/mol. The van der Waals surface area contributed by atoms with Crippen molar-refractivity contribution >= 4 is 0 Å². The van der Waals surface area contributed by atoms with E-state index in [0.717, 1.165) is 0 Å². The van der Waals surface area contributed by atoms with E-state index in [2.05, 4.69) is 0 Å². The molecule has 0 saturated heterocycles. The number of rotatable bonds is 0. The third-order valence-electron chi connectivity index (χ3n) is 0. The average Bonchev–Trinajstić information content (AvgIpc) is 0.918. The van der Waals surface area contributed by atoms with Crippen LogP contribution < -0.4 is 0 Å². The van der Waals surface area contributed by atoms with Gasteiger partial charge >= 0.3 is 25.3 Å². The summed E-state index contributed by atoms with van der Waals surface area (Å²) in [5.41, 5.74) is 0. The fourth-order valence-corrected chi connectivity index (χ4v) is 0. The first-order valence-corrected chi connectivity index (χ1v) is 1.97. The van der Waals surface area contributed by atoms with Crippen molar-refractivity contribution in [3.63, 3.8) is 0 Å². The first-order chi connectivity index (χ1) is 1.41. The van der Waals surface area contributed by atoms with Crippen LogP contribution in [0.2, 0.25) is 0 Å². The first kappa shape index (κ1) is 18.9. The van der Waals surface area contributed by atoms with Gasteiger partial charge in [0.25, 0.3) is 0 Å². The molecule has 0 bridgehead atoms. The van der Waals surface area contributed by atoms with E-state index >= 15 is 0 Å². The maximum atomic E-state index is 8.50. The quantitative estimate of drug-likeness (QED) is 0.391. The van der Waals surface area contributed by atoms with E-state index in [4.69, 9.17) is 6.80 Å². The van der Waals surface area contributed by atoms with Crippen molar-refractivity contribution < 1.29 is 36.2 Å². The second-order valence-electron chi connectivity index (χ2n) is 0.0680. The van der Waals surface area contributed by atoms with Crippen molar-refractivity contribution in [1.82, 2.24) is 0 Å². The predicted octanol–water partition coefficient (Wildman–Crippen LogP) is -1.89. The molecule has 0 atom stereocenters. The average molecular weight is 164 g/mol. The van der Waals surface area contributed by atoms with E-state index in [1.165, 1.54) is 0 Å². The second kappa shape index (κ2) is 29.7. The molecule has 0 aromatic rings. The molecule has 0 aliphatic heterocycles. The summed E-state index contributed by atoms with van der Waals surface area (Å²) in [4.78, 5) is 0. The third-order valence-corrected chi connectivity index (χ3v) is 0. The van der Waals surface area contributed by atoms with Gasteiger partial charge in [-0.1, -0.05) is 0 Å². The summed E-state index contributed by atoms with van der Waals surface area (Å²) in [7, 11) is 0. The molecule has 0 unspecified atom stereocenters. The van der Waals surface area contributed by atoms with Crippen molar-refractivity contribution in [2.24, 2.45) is 0 Å². The minimum absolute atomic E-state index is 0. The molecular weight excluding hydrogens is 160 g/mol. The molecule has 34 valence electrons. The molecule has 5 heteroatoms. The Morgan fingerprint density at radius 1 is 1.00 bits per heavy atom. The first-order valence-electron chi connectivity index (χ1n) is 0.333. The Morgan fingerprint density at radius 2 is 1.00 bits per heavy atom. The van der Waals surface area contributed by atoms with Crippen LogP contribution in [0.25, 0.3) is 0 Å².